The predicted molar refractivity (Wildman–Crippen MR) is 117 cm³/mol. The fraction of sp³-hybridized carbons (Fsp3) is 0.304. The van der Waals surface area contributed by atoms with Gasteiger partial charge in [-0.25, -0.2) is 0 Å². The number of rotatable bonds is 5. The maximum atomic E-state index is 13.4. The maximum Gasteiger partial charge on any atom is 0.290 e. The second-order valence-corrected chi connectivity index (χ2v) is 8.70. The van der Waals surface area contributed by atoms with Crippen molar-refractivity contribution < 1.29 is 9.21 Å². The van der Waals surface area contributed by atoms with Crippen LogP contribution in [0.1, 0.15) is 39.7 Å². The average Bonchev–Trinajstić information content (AvgIpc) is 2.95. The molecule has 29 heavy (non-hydrogen) atoms. The first kappa shape index (κ1) is 19.9. The van der Waals surface area contributed by atoms with Crippen molar-refractivity contribution in [1.82, 2.24) is 9.80 Å². The molecule has 0 radical (unpaired) electrons. The van der Waals surface area contributed by atoms with Crippen LogP contribution in [0.3, 0.4) is 0 Å². The van der Waals surface area contributed by atoms with Crippen LogP contribution in [0, 0.1) is 6.92 Å². The number of aryl methyl sites for hydroxylation is 1. The Balaban J connectivity index is 1.88. The molecule has 0 bridgehead atoms. The molecule has 2 aromatic carbocycles. The SMILES string of the molecule is Cc1ccc(C2c3c(oc4ccc(Br)cc4c3=O)C(=O)N2CCCN(C)C)cc1. The van der Waals surface area contributed by atoms with Crippen molar-refractivity contribution >= 4 is 32.8 Å². The van der Waals surface area contributed by atoms with E-state index >= 15 is 0 Å². The van der Waals surface area contributed by atoms with E-state index in [4.69, 9.17) is 4.42 Å². The predicted octanol–water partition coefficient (Wildman–Crippen LogP) is 4.36. The fourth-order valence-corrected chi connectivity index (χ4v) is 4.24. The highest BCUT2D eigenvalue weighted by atomic mass is 79.9. The van der Waals surface area contributed by atoms with E-state index in [-0.39, 0.29) is 17.1 Å². The summed E-state index contributed by atoms with van der Waals surface area (Å²) < 4.78 is 6.77. The maximum absolute atomic E-state index is 13.4. The lowest BCUT2D eigenvalue weighted by molar-refractivity contribution is 0.0722. The lowest BCUT2D eigenvalue weighted by atomic mass is 9.97. The number of fused-ring (bicyclic) bond motifs is 2. The highest BCUT2D eigenvalue weighted by Gasteiger charge is 2.42. The lowest BCUT2D eigenvalue weighted by Crippen LogP contribution is -2.32. The molecular weight excluding hydrogens is 432 g/mol. The van der Waals surface area contributed by atoms with Crippen molar-refractivity contribution in [2.45, 2.75) is 19.4 Å². The van der Waals surface area contributed by atoms with Crippen molar-refractivity contribution in [1.29, 1.82) is 0 Å². The van der Waals surface area contributed by atoms with Crippen LogP contribution in [0.2, 0.25) is 0 Å². The summed E-state index contributed by atoms with van der Waals surface area (Å²) in [4.78, 5) is 30.5. The Bertz CT molecular complexity index is 1140. The Morgan fingerprint density at radius 3 is 2.52 bits per heavy atom. The van der Waals surface area contributed by atoms with Crippen molar-refractivity contribution in [3.8, 4) is 0 Å². The summed E-state index contributed by atoms with van der Waals surface area (Å²) in [5, 5.41) is 0.484. The Morgan fingerprint density at radius 1 is 1.10 bits per heavy atom. The van der Waals surface area contributed by atoms with Gasteiger partial charge in [0.25, 0.3) is 5.91 Å². The Hall–Kier alpha value is -2.44. The molecular formula is C23H23BrN2O3. The number of halogens is 1. The molecule has 0 fully saturated rings. The summed E-state index contributed by atoms with van der Waals surface area (Å²) in [6, 6.07) is 12.9. The zero-order valence-corrected chi connectivity index (χ0v) is 18.3. The van der Waals surface area contributed by atoms with Crippen LogP contribution in [0.5, 0.6) is 0 Å². The van der Waals surface area contributed by atoms with E-state index in [1.165, 1.54) is 0 Å². The van der Waals surface area contributed by atoms with Crippen LogP contribution >= 0.6 is 15.9 Å². The highest BCUT2D eigenvalue weighted by molar-refractivity contribution is 9.10. The Labute approximate surface area is 178 Å². The first-order valence-corrected chi connectivity index (χ1v) is 10.4. The van der Waals surface area contributed by atoms with Crippen LogP contribution in [-0.2, 0) is 0 Å². The minimum Gasteiger partial charge on any atom is -0.450 e. The smallest absolute Gasteiger partial charge is 0.290 e. The molecule has 0 saturated carbocycles. The van der Waals surface area contributed by atoms with Crippen LogP contribution in [0.25, 0.3) is 11.0 Å². The van der Waals surface area contributed by atoms with E-state index < -0.39 is 6.04 Å². The third-order valence-corrected chi connectivity index (χ3v) is 5.82. The molecule has 6 heteroatoms. The van der Waals surface area contributed by atoms with Gasteiger partial charge in [-0.2, -0.15) is 0 Å². The molecule has 150 valence electrons. The number of hydrogen-bond donors (Lipinski definition) is 0. The quantitative estimate of drug-likeness (QED) is 0.574. The molecule has 0 N–H and O–H groups in total. The first-order chi connectivity index (χ1) is 13.9. The molecule has 0 spiro atoms. The Kier molecular flexibility index (Phi) is 5.32. The summed E-state index contributed by atoms with van der Waals surface area (Å²) in [6.07, 6.45) is 0.814. The molecule has 4 rings (SSSR count). The second-order valence-electron chi connectivity index (χ2n) is 7.78. The van der Waals surface area contributed by atoms with Crippen molar-refractivity contribution in [3.63, 3.8) is 0 Å². The van der Waals surface area contributed by atoms with Gasteiger partial charge in [0.1, 0.15) is 5.58 Å². The summed E-state index contributed by atoms with van der Waals surface area (Å²) in [5.74, 6) is -0.0495. The van der Waals surface area contributed by atoms with Gasteiger partial charge in [-0.15, -0.1) is 0 Å². The normalized spacial score (nSPS) is 16.1. The third kappa shape index (κ3) is 3.63. The molecule has 1 amide bonds. The van der Waals surface area contributed by atoms with E-state index in [1.807, 2.05) is 51.4 Å². The zero-order valence-electron chi connectivity index (χ0n) is 16.7. The van der Waals surface area contributed by atoms with Crippen LogP contribution in [0.4, 0.5) is 0 Å². The summed E-state index contributed by atoms with van der Waals surface area (Å²) in [7, 11) is 4.02. The zero-order chi connectivity index (χ0) is 20.7. The molecule has 0 aliphatic carbocycles. The van der Waals surface area contributed by atoms with Gasteiger partial charge in [0.15, 0.2) is 5.43 Å². The summed E-state index contributed by atoms with van der Waals surface area (Å²) in [5.41, 5.74) is 2.79. The van der Waals surface area contributed by atoms with Gasteiger partial charge in [0, 0.05) is 11.0 Å². The minimum absolute atomic E-state index is 0.142. The number of hydrogen-bond acceptors (Lipinski definition) is 4. The van der Waals surface area contributed by atoms with E-state index in [0.29, 0.717) is 23.1 Å². The van der Waals surface area contributed by atoms with Crippen LogP contribution in [0.15, 0.2) is 56.1 Å². The number of benzene rings is 2. The monoisotopic (exact) mass is 454 g/mol. The third-order valence-electron chi connectivity index (χ3n) is 5.33. The second kappa shape index (κ2) is 7.76. The molecule has 1 unspecified atom stereocenters. The molecule has 2 heterocycles. The Morgan fingerprint density at radius 2 is 1.83 bits per heavy atom. The van der Waals surface area contributed by atoms with Gasteiger partial charge in [-0.05, 0) is 57.7 Å². The summed E-state index contributed by atoms with van der Waals surface area (Å²) in [6.45, 7) is 3.43. The van der Waals surface area contributed by atoms with Crippen LogP contribution in [-0.4, -0.2) is 42.9 Å². The number of carbonyl (C=O) groups excluding carboxylic acids is 1. The fourth-order valence-electron chi connectivity index (χ4n) is 3.88. The molecule has 3 aromatic rings. The van der Waals surface area contributed by atoms with Gasteiger partial charge in [0.05, 0.1) is 17.0 Å². The van der Waals surface area contributed by atoms with Crippen LogP contribution < -0.4 is 5.43 Å². The van der Waals surface area contributed by atoms with Crippen molar-refractivity contribution in [2.24, 2.45) is 0 Å². The van der Waals surface area contributed by atoms with Crippen molar-refractivity contribution in [3.05, 3.63) is 79.6 Å². The van der Waals surface area contributed by atoms with E-state index in [2.05, 4.69) is 20.8 Å². The topological polar surface area (TPSA) is 53.8 Å². The van der Waals surface area contributed by atoms with Crippen molar-refractivity contribution in [2.75, 3.05) is 27.2 Å². The summed E-state index contributed by atoms with van der Waals surface area (Å²) >= 11 is 3.42. The number of carbonyl (C=O) groups is 1. The minimum atomic E-state index is -0.431. The molecule has 1 aromatic heterocycles. The molecule has 1 aliphatic heterocycles. The van der Waals surface area contributed by atoms with Gasteiger partial charge in [-0.3, -0.25) is 9.59 Å². The van der Waals surface area contributed by atoms with Gasteiger partial charge >= 0.3 is 0 Å². The van der Waals surface area contributed by atoms with Gasteiger partial charge in [-0.1, -0.05) is 45.8 Å². The standard InChI is InChI=1S/C23H23BrN2O3/c1-14-5-7-15(8-6-14)20-19-21(27)17-13-16(24)9-10-18(17)29-22(19)23(28)26(20)12-4-11-25(2)3/h5-10,13,20H,4,11-12H2,1-3H3. The largest absolute Gasteiger partial charge is 0.450 e. The molecule has 1 aliphatic rings. The van der Waals surface area contributed by atoms with E-state index in [9.17, 15) is 9.59 Å². The van der Waals surface area contributed by atoms with Gasteiger partial charge in [0.2, 0.25) is 5.76 Å². The number of amides is 1. The lowest BCUT2D eigenvalue weighted by Gasteiger charge is -2.25. The van der Waals surface area contributed by atoms with E-state index in [1.54, 1.807) is 17.0 Å². The molecule has 1 atom stereocenters. The first-order valence-electron chi connectivity index (χ1n) is 9.65. The van der Waals surface area contributed by atoms with Gasteiger partial charge < -0.3 is 14.2 Å². The highest BCUT2D eigenvalue weighted by Crippen LogP contribution is 2.38. The molecule has 0 saturated heterocycles. The number of nitrogens with zero attached hydrogens (tertiary/aromatic N) is 2. The average molecular weight is 455 g/mol. The van der Waals surface area contributed by atoms with E-state index in [0.717, 1.165) is 28.6 Å². The molecule has 5 nitrogen and oxygen atoms in total.